The lowest BCUT2D eigenvalue weighted by molar-refractivity contribution is 0.0950. The van der Waals surface area contributed by atoms with Crippen LogP contribution in [0.5, 0.6) is 0 Å². The highest BCUT2D eigenvalue weighted by Crippen LogP contribution is 2.26. The first-order valence-electron chi connectivity index (χ1n) is 6.05. The lowest BCUT2D eigenvalue weighted by Crippen LogP contribution is -2.23. The summed E-state index contributed by atoms with van der Waals surface area (Å²) in [6.07, 6.45) is 1.53. The summed E-state index contributed by atoms with van der Waals surface area (Å²) in [6, 6.07) is 5.44. The molecule has 1 amide bonds. The summed E-state index contributed by atoms with van der Waals surface area (Å²) in [5.41, 5.74) is 2.02. The molecule has 0 aliphatic rings. The van der Waals surface area contributed by atoms with Crippen molar-refractivity contribution in [3.8, 4) is 11.5 Å². The Kier molecular flexibility index (Phi) is 3.39. The van der Waals surface area contributed by atoms with Crippen LogP contribution < -0.4 is 5.32 Å². The van der Waals surface area contributed by atoms with Crippen LogP contribution in [0.25, 0.3) is 11.5 Å². The van der Waals surface area contributed by atoms with Crippen LogP contribution in [0.2, 0.25) is 0 Å². The van der Waals surface area contributed by atoms with Gasteiger partial charge in [0.25, 0.3) is 5.91 Å². The van der Waals surface area contributed by atoms with Crippen molar-refractivity contribution in [1.82, 2.24) is 10.5 Å². The minimum Gasteiger partial charge on any atom is -0.461 e. The minimum absolute atomic E-state index is 0.221. The largest absolute Gasteiger partial charge is 0.461 e. The molecule has 0 bridgehead atoms. The summed E-state index contributed by atoms with van der Waals surface area (Å²) in [5, 5.41) is 10.7. The molecule has 0 atom stereocenters. The van der Waals surface area contributed by atoms with Gasteiger partial charge in [0.05, 0.1) is 12.0 Å². The molecule has 0 unspecified atom stereocenters. The van der Waals surface area contributed by atoms with Gasteiger partial charge in [0.2, 0.25) is 5.76 Å². The smallest absolute Gasteiger partial charge is 0.257 e. The van der Waals surface area contributed by atoms with E-state index in [1.54, 1.807) is 30.4 Å². The van der Waals surface area contributed by atoms with E-state index in [1.165, 1.54) is 6.26 Å². The number of hydrogen-bond acceptors (Lipinski definition) is 5. The molecule has 0 aliphatic carbocycles. The Morgan fingerprint density at radius 1 is 1.45 bits per heavy atom. The number of furan rings is 1. The summed E-state index contributed by atoms with van der Waals surface area (Å²) < 4.78 is 10.5. The monoisotopic (exact) mass is 288 g/mol. The molecule has 3 heterocycles. The van der Waals surface area contributed by atoms with Gasteiger partial charge in [0, 0.05) is 6.54 Å². The average molecular weight is 288 g/mol. The van der Waals surface area contributed by atoms with Crippen molar-refractivity contribution in [2.45, 2.75) is 13.5 Å². The van der Waals surface area contributed by atoms with E-state index in [1.807, 2.05) is 16.8 Å². The molecule has 0 aliphatic heterocycles. The zero-order valence-corrected chi connectivity index (χ0v) is 11.6. The summed E-state index contributed by atoms with van der Waals surface area (Å²) in [6.45, 7) is 2.21. The van der Waals surface area contributed by atoms with Crippen LogP contribution in [0.3, 0.4) is 0 Å². The second-order valence-electron chi connectivity index (χ2n) is 4.26. The lowest BCUT2D eigenvalue weighted by atomic mass is 10.1. The van der Waals surface area contributed by atoms with Gasteiger partial charge < -0.3 is 14.3 Å². The van der Waals surface area contributed by atoms with E-state index >= 15 is 0 Å². The fourth-order valence-corrected chi connectivity index (χ4v) is 2.55. The van der Waals surface area contributed by atoms with E-state index < -0.39 is 0 Å². The predicted molar refractivity (Wildman–Crippen MR) is 74.4 cm³/mol. The van der Waals surface area contributed by atoms with Crippen LogP contribution in [-0.2, 0) is 6.54 Å². The Labute approximate surface area is 119 Å². The van der Waals surface area contributed by atoms with Gasteiger partial charge in [-0.25, -0.2) is 0 Å². The third-order valence-corrected chi connectivity index (χ3v) is 3.60. The Hall–Kier alpha value is -2.34. The summed E-state index contributed by atoms with van der Waals surface area (Å²) in [4.78, 5) is 12.3. The number of nitrogens with zero attached hydrogens (tertiary/aromatic N) is 1. The highest BCUT2D eigenvalue weighted by Gasteiger charge is 2.23. The molecule has 0 spiro atoms. The Bertz CT molecular complexity index is 699. The highest BCUT2D eigenvalue weighted by molar-refractivity contribution is 7.07. The van der Waals surface area contributed by atoms with E-state index in [9.17, 15) is 4.79 Å². The zero-order valence-electron chi connectivity index (χ0n) is 10.8. The fraction of sp³-hybridized carbons (Fsp3) is 0.143. The van der Waals surface area contributed by atoms with Gasteiger partial charge in [0.15, 0.2) is 5.76 Å². The molecule has 5 nitrogen and oxygen atoms in total. The van der Waals surface area contributed by atoms with Crippen LogP contribution in [0.15, 0.2) is 44.2 Å². The number of rotatable bonds is 4. The number of carbonyl (C=O) groups excluding carboxylic acids is 1. The average Bonchev–Trinajstić information content (AvgIpc) is 3.17. The Morgan fingerprint density at radius 3 is 3.05 bits per heavy atom. The number of hydrogen-bond donors (Lipinski definition) is 1. The lowest BCUT2D eigenvalue weighted by Gasteiger charge is -2.03. The number of aryl methyl sites for hydroxylation is 1. The first kappa shape index (κ1) is 12.7. The van der Waals surface area contributed by atoms with Gasteiger partial charge in [-0.05, 0) is 41.4 Å². The number of nitrogens with one attached hydrogen (secondary N) is 1. The van der Waals surface area contributed by atoms with Crippen molar-refractivity contribution in [2.24, 2.45) is 0 Å². The highest BCUT2D eigenvalue weighted by atomic mass is 32.1. The second-order valence-corrected chi connectivity index (χ2v) is 5.04. The number of aromatic nitrogens is 1. The maximum Gasteiger partial charge on any atom is 0.257 e. The summed E-state index contributed by atoms with van der Waals surface area (Å²) in [7, 11) is 0. The zero-order chi connectivity index (χ0) is 13.9. The summed E-state index contributed by atoms with van der Waals surface area (Å²) >= 11 is 1.60. The van der Waals surface area contributed by atoms with Gasteiger partial charge in [-0.3, -0.25) is 4.79 Å². The number of thiophene rings is 1. The molecule has 3 rings (SSSR count). The van der Waals surface area contributed by atoms with E-state index in [-0.39, 0.29) is 5.91 Å². The van der Waals surface area contributed by atoms with Gasteiger partial charge in [0.1, 0.15) is 5.56 Å². The van der Waals surface area contributed by atoms with Crippen LogP contribution in [0.1, 0.15) is 21.6 Å². The van der Waals surface area contributed by atoms with Gasteiger partial charge in [-0.1, -0.05) is 5.16 Å². The van der Waals surface area contributed by atoms with Crippen molar-refractivity contribution in [1.29, 1.82) is 0 Å². The van der Waals surface area contributed by atoms with Crippen molar-refractivity contribution in [2.75, 3.05) is 0 Å². The quantitative estimate of drug-likeness (QED) is 0.800. The predicted octanol–water partition coefficient (Wildman–Crippen LogP) is 3.23. The van der Waals surface area contributed by atoms with Crippen LogP contribution in [0.4, 0.5) is 0 Å². The molecule has 0 saturated carbocycles. The molecule has 0 fully saturated rings. The van der Waals surface area contributed by atoms with Gasteiger partial charge >= 0.3 is 0 Å². The molecule has 20 heavy (non-hydrogen) atoms. The molecular weight excluding hydrogens is 276 g/mol. The van der Waals surface area contributed by atoms with Gasteiger partial charge in [-0.15, -0.1) is 0 Å². The molecular formula is C14H12N2O3S. The Morgan fingerprint density at radius 2 is 2.35 bits per heavy atom. The third kappa shape index (κ3) is 2.37. The fourth-order valence-electron chi connectivity index (χ4n) is 1.88. The van der Waals surface area contributed by atoms with E-state index in [2.05, 4.69) is 10.5 Å². The molecule has 0 aromatic carbocycles. The first-order chi connectivity index (χ1) is 9.75. The third-order valence-electron chi connectivity index (χ3n) is 2.87. The molecule has 0 saturated heterocycles. The Balaban J connectivity index is 1.82. The molecule has 102 valence electrons. The SMILES string of the molecule is Cc1noc(-c2ccco2)c1C(=O)NCc1ccsc1. The molecule has 3 aromatic rings. The number of amides is 1. The van der Waals surface area contributed by atoms with E-state index in [0.29, 0.717) is 29.3 Å². The minimum atomic E-state index is -0.221. The van der Waals surface area contributed by atoms with E-state index in [4.69, 9.17) is 8.94 Å². The topological polar surface area (TPSA) is 68.3 Å². The molecule has 0 radical (unpaired) electrons. The molecule has 6 heteroatoms. The maximum absolute atomic E-state index is 12.3. The van der Waals surface area contributed by atoms with Crippen molar-refractivity contribution in [3.63, 3.8) is 0 Å². The van der Waals surface area contributed by atoms with Crippen LogP contribution >= 0.6 is 11.3 Å². The normalized spacial score (nSPS) is 10.7. The standard InChI is InChI=1S/C14H12N2O3S/c1-9-12(13(19-16-9)11-3-2-5-18-11)14(17)15-7-10-4-6-20-8-10/h2-6,8H,7H2,1H3,(H,15,17). The first-order valence-corrected chi connectivity index (χ1v) is 6.99. The summed E-state index contributed by atoms with van der Waals surface area (Å²) in [5.74, 6) is 0.628. The second kappa shape index (κ2) is 5.34. The van der Waals surface area contributed by atoms with Crippen molar-refractivity contribution < 1.29 is 13.7 Å². The molecule has 3 aromatic heterocycles. The van der Waals surface area contributed by atoms with Crippen molar-refractivity contribution >= 4 is 17.2 Å². The van der Waals surface area contributed by atoms with Crippen molar-refractivity contribution in [3.05, 3.63) is 52.0 Å². The van der Waals surface area contributed by atoms with Crippen LogP contribution in [-0.4, -0.2) is 11.1 Å². The van der Waals surface area contributed by atoms with Crippen LogP contribution in [0, 0.1) is 6.92 Å². The van der Waals surface area contributed by atoms with Gasteiger partial charge in [-0.2, -0.15) is 11.3 Å². The number of carbonyl (C=O) groups is 1. The molecule has 1 N–H and O–H groups in total. The van der Waals surface area contributed by atoms with E-state index in [0.717, 1.165) is 5.56 Å². The maximum atomic E-state index is 12.3.